The lowest BCUT2D eigenvalue weighted by Crippen LogP contribution is -2.28. The predicted octanol–water partition coefficient (Wildman–Crippen LogP) is 2.36. The molecule has 9 heteroatoms. The molecule has 23 heavy (non-hydrogen) atoms. The third kappa shape index (κ3) is 2.27. The average molecular weight is 347 g/mol. The first-order valence-electron chi connectivity index (χ1n) is 6.78. The second-order valence-corrected chi connectivity index (χ2v) is 6.23. The zero-order valence-electron chi connectivity index (χ0n) is 12.0. The summed E-state index contributed by atoms with van der Waals surface area (Å²) in [5.41, 5.74) is 1.61. The second-order valence-electron chi connectivity index (χ2n) is 5.00. The van der Waals surface area contributed by atoms with Gasteiger partial charge in [-0.25, -0.2) is 15.0 Å². The van der Waals surface area contributed by atoms with Gasteiger partial charge in [0, 0.05) is 43.4 Å². The van der Waals surface area contributed by atoms with Crippen LogP contribution in [0, 0.1) is 0 Å². The van der Waals surface area contributed by atoms with E-state index in [1.54, 1.807) is 41.1 Å². The van der Waals surface area contributed by atoms with E-state index >= 15 is 0 Å². The average Bonchev–Trinajstić information content (AvgIpc) is 3.24. The lowest BCUT2D eigenvalue weighted by Gasteiger charge is -2.16. The van der Waals surface area contributed by atoms with E-state index in [9.17, 15) is 4.79 Å². The Balaban J connectivity index is 1.67. The highest BCUT2D eigenvalue weighted by Gasteiger charge is 2.21. The van der Waals surface area contributed by atoms with Crippen LogP contribution < -0.4 is 0 Å². The molecular weight excluding hydrogens is 336 g/mol. The van der Waals surface area contributed by atoms with Crippen LogP contribution in [-0.4, -0.2) is 41.6 Å². The zero-order valence-corrected chi connectivity index (χ0v) is 13.6. The van der Waals surface area contributed by atoms with Crippen molar-refractivity contribution in [3.05, 3.63) is 52.9 Å². The maximum absolute atomic E-state index is 12.7. The number of thiazole rings is 1. The van der Waals surface area contributed by atoms with Crippen LogP contribution in [-0.2, 0) is 6.54 Å². The predicted molar refractivity (Wildman–Crippen MR) is 86.9 cm³/mol. The van der Waals surface area contributed by atoms with Crippen LogP contribution >= 0.6 is 22.9 Å². The molecular formula is C14H11ClN6OS. The Hall–Kier alpha value is -2.45. The standard InChI is InChI=1S/C14H11ClN6OS/c1-19(8-9-11(15)18-14-21(9)6-7-23-14)13(22)10-12-17-3-5-20(12)4-2-16-10/h2-7H,8H2,1H3. The van der Waals surface area contributed by atoms with Gasteiger partial charge in [0.15, 0.2) is 21.5 Å². The summed E-state index contributed by atoms with van der Waals surface area (Å²) in [5, 5.41) is 2.33. The van der Waals surface area contributed by atoms with Crippen molar-refractivity contribution in [3.63, 3.8) is 0 Å². The van der Waals surface area contributed by atoms with E-state index in [1.165, 1.54) is 11.3 Å². The van der Waals surface area contributed by atoms with E-state index < -0.39 is 0 Å². The molecule has 4 aromatic heterocycles. The van der Waals surface area contributed by atoms with Gasteiger partial charge in [0.25, 0.3) is 5.91 Å². The highest BCUT2D eigenvalue weighted by molar-refractivity contribution is 7.15. The van der Waals surface area contributed by atoms with E-state index in [1.807, 2.05) is 16.0 Å². The third-order valence-corrected chi connectivity index (χ3v) is 4.62. The van der Waals surface area contributed by atoms with Gasteiger partial charge in [0.1, 0.15) is 0 Å². The summed E-state index contributed by atoms with van der Waals surface area (Å²) in [5.74, 6) is -0.219. The van der Waals surface area contributed by atoms with Crippen molar-refractivity contribution in [2.24, 2.45) is 0 Å². The Morgan fingerprint density at radius 3 is 2.91 bits per heavy atom. The maximum atomic E-state index is 12.7. The van der Waals surface area contributed by atoms with Gasteiger partial charge >= 0.3 is 0 Å². The van der Waals surface area contributed by atoms with Crippen molar-refractivity contribution in [2.75, 3.05) is 7.05 Å². The van der Waals surface area contributed by atoms with E-state index in [2.05, 4.69) is 15.0 Å². The summed E-state index contributed by atoms with van der Waals surface area (Å²) < 4.78 is 3.65. The lowest BCUT2D eigenvalue weighted by molar-refractivity contribution is 0.0779. The fourth-order valence-electron chi connectivity index (χ4n) is 2.43. The van der Waals surface area contributed by atoms with E-state index in [-0.39, 0.29) is 5.91 Å². The van der Waals surface area contributed by atoms with Crippen LogP contribution in [0.1, 0.15) is 16.2 Å². The Morgan fingerprint density at radius 2 is 2.09 bits per heavy atom. The largest absolute Gasteiger partial charge is 0.334 e. The van der Waals surface area contributed by atoms with Gasteiger partial charge in [-0.3, -0.25) is 9.20 Å². The molecule has 0 spiro atoms. The lowest BCUT2D eigenvalue weighted by atomic mass is 10.3. The molecule has 4 aromatic rings. The number of nitrogens with zero attached hydrogens (tertiary/aromatic N) is 6. The Bertz CT molecular complexity index is 1020. The molecule has 0 N–H and O–H groups in total. The molecule has 0 saturated carbocycles. The highest BCUT2D eigenvalue weighted by Crippen LogP contribution is 2.23. The van der Waals surface area contributed by atoms with Crippen LogP contribution in [0.2, 0.25) is 5.15 Å². The van der Waals surface area contributed by atoms with Crippen LogP contribution in [0.5, 0.6) is 0 Å². The summed E-state index contributed by atoms with van der Waals surface area (Å²) in [7, 11) is 1.71. The van der Waals surface area contributed by atoms with Gasteiger partial charge in [-0.15, -0.1) is 11.3 Å². The van der Waals surface area contributed by atoms with Gasteiger partial charge < -0.3 is 9.30 Å². The molecule has 7 nitrogen and oxygen atoms in total. The van der Waals surface area contributed by atoms with Crippen molar-refractivity contribution < 1.29 is 4.79 Å². The van der Waals surface area contributed by atoms with E-state index in [0.717, 1.165) is 10.7 Å². The van der Waals surface area contributed by atoms with E-state index in [4.69, 9.17) is 11.6 Å². The monoisotopic (exact) mass is 346 g/mol. The molecule has 0 bridgehead atoms. The number of carbonyl (C=O) groups is 1. The van der Waals surface area contributed by atoms with Crippen LogP contribution in [0.25, 0.3) is 10.6 Å². The second kappa shape index (κ2) is 5.32. The minimum atomic E-state index is -0.219. The number of halogens is 1. The number of hydrogen-bond acceptors (Lipinski definition) is 5. The quantitative estimate of drug-likeness (QED) is 0.571. The van der Waals surface area contributed by atoms with Gasteiger partial charge in [0.2, 0.25) is 0 Å². The summed E-state index contributed by atoms with van der Waals surface area (Å²) in [6.45, 7) is 0.332. The van der Waals surface area contributed by atoms with Gasteiger partial charge in [-0.1, -0.05) is 11.6 Å². The Morgan fingerprint density at radius 1 is 1.30 bits per heavy atom. The Labute approximate surface area is 139 Å². The first-order valence-corrected chi connectivity index (χ1v) is 8.04. The minimum absolute atomic E-state index is 0.219. The van der Waals surface area contributed by atoms with Crippen molar-refractivity contribution in [3.8, 4) is 0 Å². The molecule has 0 atom stereocenters. The number of carbonyl (C=O) groups excluding carboxylic acids is 1. The molecule has 116 valence electrons. The molecule has 4 heterocycles. The van der Waals surface area contributed by atoms with Crippen molar-refractivity contribution >= 4 is 39.5 Å². The fourth-order valence-corrected chi connectivity index (χ4v) is 3.44. The summed E-state index contributed by atoms with van der Waals surface area (Å²) >= 11 is 7.68. The molecule has 0 aliphatic carbocycles. The molecule has 0 aliphatic rings. The minimum Gasteiger partial charge on any atom is -0.334 e. The molecule has 0 unspecified atom stereocenters. The van der Waals surface area contributed by atoms with Crippen LogP contribution in [0.3, 0.4) is 0 Å². The third-order valence-electron chi connectivity index (χ3n) is 3.56. The smallest absolute Gasteiger partial charge is 0.276 e. The van der Waals surface area contributed by atoms with Gasteiger partial charge in [-0.2, -0.15) is 0 Å². The molecule has 0 fully saturated rings. The molecule has 0 saturated heterocycles. The fraction of sp³-hybridized carbons (Fsp3) is 0.143. The first-order chi connectivity index (χ1) is 11.1. The maximum Gasteiger partial charge on any atom is 0.276 e. The molecule has 0 radical (unpaired) electrons. The zero-order chi connectivity index (χ0) is 16.0. The van der Waals surface area contributed by atoms with E-state index in [0.29, 0.717) is 23.0 Å². The highest BCUT2D eigenvalue weighted by atomic mass is 35.5. The number of fused-ring (bicyclic) bond motifs is 2. The molecule has 0 aliphatic heterocycles. The summed E-state index contributed by atoms with van der Waals surface area (Å²) in [6.07, 6.45) is 8.63. The molecule has 1 amide bonds. The van der Waals surface area contributed by atoms with Crippen molar-refractivity contribution in [1.29, 1.82) is 0 Å². The number of rotatable bonds is 3. The topological polar surface area (TPSA) is 67.8 Å². The van der Waals surface area contributed by atoms with Gasteiger partial charge in [0.05, 0.1) is 12.2 Å². The SMILES string of the molecule is CN(Cc1c(Cl)nc2sccn12)C(=O)c1nccn2ccnc12. The number of hydrogen-bond donors (Lipinski definition) is 0. The first kappa shape index (κ1) is 14.2. The normalized spacial score (nSPS) is 11.4. The molecule has 4 rings (SSSR count). The number of aromatic nitrogens is 5. The van der Waals surface area contributed by atoms with Gasteiger partial charge in [-0.05, 0) is 0 Å². The van der Waals surface area contributed by atoms with Crippen LogP contribution in [0.15, 0.2) is 36.4 Å². The summed E-state index contributed by atoms with van der Waals surface area (Å²) in [6, 6.07) is 0. The number of amides is 1. The molecule has 0 aromatic carbocycles. The van der Waals surface area contributed by atoms with Crippen molar-refractivity contribution in [2.45, 2.75) is 6.54 Å². The summed E-state index contributed by atoms with van der Waals surface area (Å²) in [4.78, 5) is 27.7. The Kier molecular flexibility index (Phi) is 3.28. The van der Waals surface area contributed by atoms with Crippen molar-refractivity contribution in [1.82, 2.24) is 28.7 Å². The van der Waals surface area contributed by atoms with Crippen LogP contribution in [0.4, 0.5) is 0 Å². The number of imidazole rings is 2.